The predicted molar refractivity (Wildman–Crippen MR) is 285 cm³/mol. The van der Waals surface area contributed by atoms with E-state index in [0.29, 0.717) is 0 Å². The van der Waals surface area contributed by atoms with Crippen molar-refractivity contribution in [3.05, 3.63) is 198 Å². The van der Waals surface area contributed by atoms with Crippen LogP contribution in [0.25, 0.3) is 55.5 Å². The second-order valence-electron chi connectivity index (χ2n) is 21.6. The van der Waals surface area contributed by atoms with Gasteiger partial charge in [-0.3, -0.25) is 0 Å². The molecule has 1 aliphatic carbocycles. The lowest BCUT2D eigenvalue weighted by molar-refractivity contribution is 0.332. The molecule has 328 valence electrons. The lowest BCUT2D eigenvalue weighted by Gasteiger charge is -2.46. The molecular formula is C63H57BN2O. The predicted octanol–water partition coefficient (Wildman–Crippen LogP) is 16.1. The van der Waals surface area contributed by atoms with Gasteiger partial charge in [0.1, 0.15) is 11.2 Å². The third-order valence-electron chi connectivity index (χ3n) is 15.4. The molecule has 0 amide bonds. The van der Waals surface area contributed by atoms with Crippen LogP contribution in [0.1, 0.15) is 83.6 Å². The van der Waals surface area contributed by atoms with Gasteiger partial charge in [-0.05, 0) is 152 Å². The zero-order valence-electron chi connectivity index (χ0n) is 40.0. The Morgan fingerprint density at radius 1 is 0.507 bits per heavy atom. The zero-order valence-corrected chi connectivity index (χ0v) is 40.0. The Balaban J connectivity index is 1.23. The average Bonchev–Trinajstić information content (AvgIpc) is 3.72. The molecule has 8 aromatic carbocycles. The molecule has 0 saturated carbocycles. The molecule has 3 aliphatic rings. The highest BCUT2D eigenvalue weighted by Crippen LogP contribution is 2.54. The minimum Gasteiger partial charge on any atom is -0.466 e. The van der Waals surface area contributed by atoms with Gasteiger partial charge in [0.25, 0.3) is 0 Å². The van der Waals surface area contributed by atoms with E-state index in [1.54, 1.807) is 0 Å². The molecule has 0 radical (unpaired) electrons. The maximum atomic E-state index is 7.43. The minimum atomic E-state index is -0.278. The second kappa shape index (κ2) is 15.0. The van der Waals surface area contributed by atoms with Crippen LogP contribution in [-0.4, -0.2) is 6.85 Å². The van der Waals surface area contributed by atoms with Gasteiger partial charge in [0.15, 0.2) is 0 Å². The topological polar surface area (TPSA) is 19.6 Å². The number of rotatable bonds is 5. The largest absolute Gasteiger partial charge is 0.466 e. The van der Waals surface area contributed by atoms with Crippen LogP contribution in [0.15, 0.2) is 180 Å². The first kappa shape index (κ1) is 41.4. The van der Waals surface area contributed by atoms with Crippen molar-refractivity contribution in [2.75, 3.05) is 9.71 Å². The molecule has 0 bridgehead atoms. The van der Waals surface area contributed by atoms with Gasteiger partial charge in [-0.15, -0.1) is 0 Å². The number of benzene rings is 8. The highest BCUT2D eigenvalue weighted by atomic mass is 16.3. The quantitative estimate of drug-likeness (QED) is 0.161. The summed E-state index contributed by atoms with van der Waals surface area (Å²) < 4.78 is 7.43. The number of para-hydroxylation sites is 1. The van der Waals surface area contributed by atoms with Gasteiger partial charge in [-0.2, -0.15) is 0 Å². The van der Waals surface area contributed by atoms with Crippen molar-refractivity contribution >= 4 is 57.4 Å². The van der Waals surface area contributed by atoms with Crippen LogP contribution in [0.2, 0.25) is 0 Å². The van der Waals surface area contributed by atoms with E-state index < -0.39 is 0 Å². The van der Waals surface area contributed by atoms with E-state index in [1.807, 2.05) is 0 Å². The van der Waals surface area contributed by atoms with Gasteiger partial charge < -0.3 is 14.1 Å². The van der Waals surface area contributed by atoms with E-state index in [2.05, 4.69) is 241 Å². The molecule has 9 aromatic rings. The lowest BCUT2D eigenvalue weighted by atomic mass is 9.45. The summed E-state index contributed by atoms with van der Waals surface area (Å²) in [4.78, 5) is 5.20. The summed E-state index contributed by atoms with van der Waals surface area (Å²) in [5.41, 5.74) is 24.0. The summed E-state index contributed by atoms with van der Waals surface area (Å²) >= 11 is 0. The van der Waals surface area contributed by atoms with Crippen molar-refractivity contribution in [1.29, 1.82) is 0 Å². The van der Waals surface area contributed by atoms with E-state index in [1.165, 1.54) is 95.7 Å². The molecule has 12 rings (SSSR count). The normalized spacial score (nSPS) is 15.5. The van der Waals surface area contributed by atoms with Crippen LogP contribution in [0.3, 0.4) is 0 Å². The highest BCUT2D eigenvalue weighted by Gasteiger charge is 2.50. The van der Waals surface area contributed by atoms with Crippen molar-refractivity contribution < 1.29 is 4.42 Å². The number of furan rings is 1. The summed E-state index contributed by atoms with van der Waals surface area (Å²) in [5, 5.41) is 1.10. The molecule has 4 heteroatoms. The van der Waals surface area contributed by atoms with Gasteiger partial charge in [0.05, 0.1) is 11.4 Å². The Kier molecular flexibility index (Phi) is 9.26. The van der Waals surface area contributed by atoms with E-state index in [-0.39, 0.29) is 23.1 Å². The van der Waals surface area contributed by atoms with Gasteiger partial charge in [-0.1, -0.05) is 170 Å². The standard InChI is InChI=1S/C63H57BN2O/c1-40-19-15-16-24-47(40)44-35-51-48-30-27-43(41-20-11-9-12-21-41)36-55(48)66(46-29-31-52-53(39-46)63(7,8)34-33-62(52,5)6)64-58(51)56(37-44)65(59-49-25-17-18-26-57(49)67-60(59)64)54-32-28-45(61(2,3)4)38-50(54)42-22-13-10-14-23-42/h9-32,35-39H,33-34H2,1-8H3. The first-order valence-corrected chi connectivity index (χ1v) is 24.2. The lowest BCUT2D eigenvalue weighted by Crippen LogP contribution is -2.61. The molecule has 3 nitrogen and oxygen atoms in total. The molecule has 0 N–H and O–H groups in total. The average molecular weight is 869 g/mol. The molecule has 0 saturated heterocycles. The monoisotopic (exact) mass is 868 g/mol. The Bertz CT molecular complexity index is 3430. The molecule has 0 unspecified atom stereocenters. The fraction of sp³-hybridized carbons (Fsp3) is 0.206. The summed E-state index contributed by atoms with van der Waals surface area (Å²) in [6.07, 6.45) is 2.31. The Hall–Kier alpha value is -7.04. The molecular weight excluding hydrogens is 812 g/mol. The van der Waals surface area contributed by atoms with Gasteiger partial charge in [-0.25, -0.2) is 0 Å². The van der Waals surface area contributed by atoms with Crippen LogP contribution in [0.5, 0.6) is 0 Å². The van der Waals surface area contributed by atoms with Crippen molar-refractivity contribution in [2.45, 2.75) is 84.5 Å². The van der Waals surface area contributed by atoms with Crippen LogP contribution in [0, 0.1) is 6.92 Å². The van der Waals surface area contributed by atoms with Gasteiger partial charge >= 0.3 is 6.85 Å². The Morgan fingerprint density at radius 2 is 1.18 bits per heavy atom. The number of aryl methyl sites for hydroxylation is 1. The first-order valence-electron chi connectivity index (χ1n) is 24.2. The molecule has 0 fully saturated rings. The van der Waals surface area contributed by atoms with Crippen molar-refractivity contribution in [1.82, 2.24) is 0 Å². The third-order valence-corrected chi connectivity index (χ3v) is 15.4. The minimum absolute atomic E-state index is 0.0256. The van der Waals surface area contributed by atoms with Crippen LogP contribution in [0.4, 0.5) is 28.4 Å². The molecule has 2 aliphatic heterocycles. The molecule has 0 spiro atoms. The smallest absolute Gasteiger partial charge is 0.375 e. The molecule has 3 heterocycles. The Morgan fingerprint density at radius 3 is 1.93 bits per heavy atom. The van der Waals surface area contributed by atoms with Crippen molar-refractivity contribution in [3.63, 3.8) is 0 Å². The van der Waals surface area contributed by atoms with E-state index in [0.717, 1.165) is 34.4 Å². The fourth-order valence-corrected chi connectivity index (χ4v) is 11.6. The maximum Gasteiger partial charge on any atom is 0.375 e. The van der Waals surface area contributed by atoms with Crippen LogP contribution in [-0.2, 0) is 16.2 Å². The van der Waals surface area contributed by atoms with Gasteiger partial charge in [0.2, 0.25) is 0 Å². The molecule has 0 atom stereocenters. The van der Waals surface area contributed by atoms with Gasteiger partial charge in [0, 0.05) is 33.6 Å². The number of fused-ring (bicyclic) bond motifs is 7. The molecule has 67 heavy (non-hydrogen) atoms. The number of hydrogen-bond acceptors (Lipinski definition) is 3. The summed E-state index contributed by atoms with van der Waals surface area (Å²) in [7, 11) is 0. The second-order valence-corrected chi connectivity index (χ2v) is 21.6. The number of nitrogens with zero attached hydrogens (tertiary/aromatic N) is 2. The van der Waals surface area contributed by atoms with Crippen LogP contribution >= 0.6 is 0 Å². The summed E-state index contributed by atoms with van der Waals surface area (Å²) in [6.45, 7) is 18.6. The summed E-state index contributed by atoms with van der Waals surface area (Å²) in [6, 6.07) is 65.9. The molecule has 1 aromatic heterocycles. The number of hydrogen-bond donors (Lipinski definition) is 0. The fourth-order valence-electron chi connectivity index (χ4n) is 11.6. The van der Waals surface area contributed by atoms with Crippen molar-refractivity contribution in [3.8, 4) is 44.5 Å². The SMILES string of the molecule is Cc1ccccc1-c1cc2c3c(c1)N(c1ccc(C(C)(C)C)cc1-c1ccccc1)c1c(oc4ccccc14)B3N(c1ccc3c(c1)C(C)(C)CCC3(C)C)c1cc(-c3ccccc3)ccc1-2. The summed E-state index contributed by atoms with van der Waals surface area (Å²) in [5.74, 6) is 0. The van der Waals surface area contributed by atoms with E-state index in [9.17, 15) is 0 Å². The maximum absolute atomic E-state index is 7.43. The third kappa shape index (κ3) is 6.55. The van der Waals surface area contributed by atoms with E-state index in [4.69, 9.17) is 4.42 Å². The highest BCUT2D eigenvalue weighted by molar-refractivity contribution is 6.93. The van der Waals surface area contributed by atoms with Crippen LogP contribution < -0.4 is 20.8 Å². The number of anilines is 5. The van der Waals surface area contributed by atoms with E-state index >= 15 is 0 Å². The zero-order chi connectivity index (χ0) is 46.0. The first-order chi connectivity index (χ1) is 32.3. The Labute approximate surface area is 396 Å². The van der Waals surface area contributed by atoms with Crippen molar-refractivity contribution in [2.24, 2.45) is 0 Å².